The van der Waals surface area contributed by atoms with E-state index < -0.39 is 0 Å². The summed E-state index contributed by atoms with van der Waals surface area (Å²) >= 11 is 24.3. The van der Waals surface area contributed by atoms with Gasteiger partial charge in [0, 0.05) is 21.5 Å². The number of hydrogen-bond donors (Lipinski definition) is 0. The van der Waals surface area contributed by atoms with Crippen molar-refractivity contribution in [2.24, 2.45) is 0 Å². The Kier molecular flexibility index (Phi) is 4.52. The summed E-state index contributed by atoms with van der Waals surface area (Å²) in [6.07, 6.45) is 0. The van der Waals surface area contributed by atoms with Crippen molar-refractivity contribution >= 4 is 63.1 Å². The topological polar surface area (TPSA) is 30.0 Å². The highest BCUT2D eigenvalue weighted by Gasteiger charge is 2.14. The zero-order valence-electron chi connectivity index (χ0n) is 11.8. The number of fused-ring (bicyclic) bond motifs is 1. The molecule has 23 heavy (non-hydrogen) atoms. The summed E-state index contributed by atoms with van der Waals surface area (Å²) in [7, 11) is 0. The Labute approximate surface area is 152 Å². The van der Waals surface area contributed by atoms with E-state index in [1.54, 1.807) is 36.4 Å². The second-order valence-corrected chi connectivity index (χ2v) is 6.68. The summed E-state index contributed by atoms with van der Waals surface area (Å²) in [5.41, 5.74) is 2.35. The summed E-state index contributed by atoms with van der Waals surface area (Å²) in [5, 5.41) is 2.33. The Morgan fingerprint density at radius 3 is 2.39 bits per heavy atom. The average molecular weight is 387 g/mol. The molecule has 2 nitrogen and oxygen atoms in total. The molecule has 0 unspecified atom stereocenters. The van der Waals surface area contributed by atoms with Crippen LogP contribution in [0.4, 0.5) is 0 Å². The number of pyridine rings is 1. The number of halogens is 4. The van der Waals surface area contributed by atoms with Gasteiger partial charge in [-0.05, 0) is 37.3 Å². The molecule has 116 valence electrons. The molecule has 0 amide bonds. The van der Waals surface area contributed by atoms with Gasteiger partial charge in [0.05, 0.1) is 26.3 Å². The first-order valence-electron chi connectivity index (χ1n) is 6.63. The second-order valence-electron chi connectivity index (χ2n) is 5.02. The van der Waals surface area contributed by atoms with E-state index in [0.717, 1.165) is 5.56 Å². The van der Waals surface area contributed by atoms with Gasteiger partial charge in [-0.1, -0.05) is 52.5 Å². The van der Waals surface area contributed by atoms with Crippen LogP contribution >= 0.6 is 46.4 Å². The van der Waals surface area contributed by atoms with E-state index in [2.05, 4.69) is 4.98 Å². The Balaban J connectivity index is 2.34. The third kappa shape index (κ3) is 3.17. The normalized spacial score (nSPS) is 11.0. The summed E-state index contributed by atoms with van der Waals surface area (Å²) in [6, 6.07) is 10.2. The minimum atomic E-state index is -0.1000. The number of Topliss-reactive ketones (excluding diaryl/α,β-unsaturated/α-hetero) is 1. The molecule has 3 aromatic rings. The number of aromatic nitrogens is 1. The highest BCUT2D eigenvalue weighted by molar-refractivity contribution is 6.42. The van der Waals surface area contributed by atoms with Crippen LogP contribution in [0.3, 0.4) is 0 Å². The summed E-state index contributed by atoms with van der Waals surface area (Å²) < 4.78 is 0. The molecular formula is C17H9Cl4NO. The number of ketones is 1. The maximum atomic E-state index is 12.0. The van der Waals surface area contributed by atoms with E-state index in [1.165, 1.54) is 6.92 Å². The highest BCUT2D eigenvalue weighted by Crippen LogP contribution is 2.34. The number of carbonyl (C=O) groups is 1. The Morgan fingerprint density at radius 1 is 1.00 bits per heavy atom. The van der Waals surface area contributed by atoms with E-state index >= 15 is 0 Å². The lowest BCUT2D eigenvalue weighted by atomic mass is 10.1. The number of carbonyl (C=O) groups excluding carboxylic acids is 1. The van der Waals surface area contributed by atoms with Crippen LogP contribution in [-0.2, 0) is 0 Å². The predicted octanol–water partition coefficient (Wildman–Crippen LogP) is 6.72. The lowest BCUT2D eigenvalue weighted by Crippen LogP contribution is -1.98. The van der Waals surface area contributed by atoms with Crippen molar-refractivity contribution in [3.8, 4) is 11.3 Å². The zero-order chi connectivity index (χ0) is 16.7. The van der Waals surface area contributed by atoms with Gasteiger partial charge in [-0.3, -0.25) is 4.79 Å². The van der Waals surface area contributed by atoms with Crippen molar-refractivity contribution in [2.45, 2.75) is 6.92 Å². The average Bonchev–Trinajstić information content (AvgIpc) is 2.49. The fraction of sp³-hybridized carbons (Fsp3) is 0.0588. The van der Waals surface area contributed by atoms with Crippen LogP contribution < -0.4 is 0 Å². The van der Waals surface area contributed by atoms with Gasteiger partial charge in [-0.15, -0.1) is 0 Å². The fourth-order valence-corrected chi connectivity index (χ4v) is 3.18. The molecule has 0 N–H and O–H groups in total. The summed E-state index contributed by atoms with van der Waals surface area (Å²) in [5.74, 6) is -0.1000. The van der Waals surface area contributed by atoms with Crippen molar-refractivity contribution in [2.75, 3.05) is 0 Å². The SMILES string of the molecule is CC(=O)c1c[14c](-c2ccc(Cl)c(Cl)c2)nc2c(Cl)cc(Cl)cc12. The van der Waals surface area contributed by atoms with E-state index in [1.807, 2.05) is 0 Å². The van der Waals surface area contributed by atoms with Gasteiger partial charge in [0.1, 0.15) is 0 Å². The monoisotopic (exact) mass is 385 g/mol. The molecule has 0 saturated heterocycles. The van der Waals surface area contributed by atoms with Crippen molar-refractivity contribution in [1.82, 2.24) is 4.98 Å². The summed E-state index contributed by atoms with van der Waals surface area (Å²) in [4.78, 5) is 16.6. The van der Waals surface area contributed by atoms with Gasteiger partial charge in [-0.25, -0.2) is 4.98 Å². The number of nitrogens with zero attached hydrogens (tertiary/aromatic N) is 1. The van der Waals surface area contributed by atoms with Crippen LogP contribution in [0.25, 0.3) is 22.2 Å². The van der Waals surface area contributed by atoms with Gasteiger partial charge in [-0.2, -0.15) is 0 Å². The number of hydrogen-bond acceptors (Lipinski definition) is 2. The molecule has 6 heteroatoms. The Hall–Kier alpha value is -1.32. The van der Waals surface area contributed by atoms with Crippen LogP contribution in [-0.4, -0.2) is 10.8 Å². The Morgan fingerprint density at radius 2 is 1.74 bits per heavy atom. The largest absolute Gasteiger partial charge is 0.294 e. The number of rotatable bonds is 2. The van der Waals surface area contributed by atoms with Crippen LogP contribution in [0, 0.1) is 0 Å². The molecule has 0 aliphatic rings. The molecule has 0 spiro atoms. The second kappa shape index (κ2) is 6.29. The predicted molar refractivity (Wildman–Crippen MR) is 97.2 cm³/mol. The van der Waals surface area contributed by atoms with Crippen LogP contribution in [0.15, 0.2) is 36.4 Å². The molecule has 1 aromatic heterocycles. The smallest absolute Gasteiger partial charge is 0.160 e. The van der Waals surface area contributed by atoms with Crippen molar-refractivity contribution < 1.29 is 4.79 Å². The molecule has 2 aromatic carbocycles. The van der Waals surface area contributed by atoms with E-state index in [4.69, 9.17) is 46.4 Å². The molecule has 3 rings (SSSR count). The Bertz CT molecular complexity index is 953. The zero-order valence-corrected chi connectivity index (χ0v) is 14.9. The number of benzene rings is 2. The minimum absolute atomic E-state index is 0.1000. The summed E-state index contributed by atoms with van der Waals surface area (Å²) in [6.45, 7) is 1.49. The molecule has 0 aliphatic heterocycles. The first-order valence-corrected chi connectivity index (χ1v) is 8.14. The van der Waals surface area contributed by atoms with Crippen molar-refractivity contribution in [1.29, 1.82) is 0 Å². The van der Waals surface area contributed by atoms with E-state index in [0.29, 0.717) is 42.3 Å². The lowest BCUT2D eigenvalue weighted by Gasteiger charge is -2.10. The van der Waals surface area contributed by atoms with E-state index in [-0.39, 0.29) is 5.78 Å². The van der Waals surface area contributed by atoms with Crippen LogP contribution in [0.2, 0.25) is 20.1 Å². The molecular weight excluding hydrogens is 378 g/mol. The quantitative estimate of drug-likeness (QED) is 0.457. The molecule has 0 fully saturated rings. The first kappa shape index (κ1) is 16.5. The third-order valence-electron chi connectivity index (χ3n) is 3.43. The third-order valence-corrected chi connectivity index (χ3v) is 4.67. The molecule has 0 aliphatic carbocycles. The lowest BCUT2D eigenvalue weighted by molar-refractivity contribution is 0.101. The fourth-order valence-electron chi connectivity index (χ4n) is 2.35. The first-order chi connectivity index (χ1) is 10.9. The van der Waals surface area contributed by atoms with Crippen LogP contribution in [0.1, 0.15) is 17.3 Å². The molecule has 0 radical (unpaired) electrons. The molecule has 0 bridgehead atoms. The standard InChI is InChI=1S/C17H9Cl4NO/c1-8(23)11-7-16(9-2-3-13(19)14(20)4-9)22-17-12(11)5-10(18)6-15(17)21/h2-7H,1H3/i16+2. The van der Waals surface area contributed by atoms with Crippen molar-refractivity contribution in [3.63, 3.8) is 0 Å². The van der Waals surface area contributed by atoms with Crippen LogP contribution in [0.5, 0.6) is 0 Å². The van der Waals surface area contributed by atoms with Gasteiger partial charge in [0.25, 0.3) is 0 Å². The van der Waals surface area contributed by atoms with E-state index in [9.17, 15) is 4.79 Å². The minimum Gasteiger partial charge on any atom is -0.294 e. The highest BCUT2D eigenvalue weighted by atomic mass is 35.5. The maximum Gasteiger partial charge on any atom is 0.160 e. The van der Waals surface area contributed by atoms with Gasteiger partial charge in [0.2, 0.25) is 0 Å². The van der Waals surface area contributed by atoms with Gasteiger partial charge in [0.15, 0.2) is 5.78 Å². The van der Waals surface area contributed by atoms with Gasteiger partial charge >= 0.3 is 0 Å². The maximum absolute atomic E-state index is 12.0. The molecule has 1 heterocycles. The van der Waals surface area contributed by atoms with Crippen molar-refractivity contribution in [3.05, 3.63) is 62.1 Å². The molecule has 0 atom stereocenters. The van der Waals surface area contributed by atoms with Gasteiger partial charge < -0.3 is 0 Å². The molecule has 0 saturated carbocycles.